The predicted octanol–water partition coefficient (Wildman–Crippen LogP) is 5.08. The van der Waals surface area contributed by atoms with Gasteiger partial charge in [0.25, 0.3) is 0 Å². The second-order valence-corrected chi connectivity index (χ2v) is 10.2. The third kappa shape index (κ3) is 6.86. The van der Waals surface area contributed by atoms with Gasteiger partial charge in [0, 0.05) is 31.9 Å². The van der Waals surface area contributed by atoms with Crippen molar-refractivity contribution in [3.05, 3.63) is 41.7 Å². The highest BCUT2D eigenvalue weighted by atomic mass is 35.5. The van der Waals surface area contributed by atoms with Gasteiger partial charge in [0.2, 0.25) is 0 Å². The van der Waals surface area contributed by atoms with E-state index in [1.807, 2.05) is 31.7 Å². The highest BCUT2D eigenvalue weighted by molar-refractivity contribution is 6.29. The molecule has 0 aromatic carbocycles. The molecule has 0 spiro atoms. The van der Waals surface area contributed by atoms with Crippen molar-refractivity contribution in [2.24, 2.45) is 5.41 Å². The van der Waals surface area contributed by atoms with Crippen LogP contribution in [0.5, 0.6) is 0 Å². The van der Waals surface area contributed by atoms with E-state index in [0.29, 0.717) is 24.8 Å². The number of amides is 2. The molecule has 176 valence electrons. The molecule has 1 aliphatic carbocycles. The fourth-order valence-corrected chi connectivity index (χ4v) is 4.24. The normalized spacial score (nSPS) is 18.1. The van der Waals surface area contributed by atoms with E-state index < -0.39 is 5.60 Å². The molecule has 7 nitrogen and oxygen atoms in total. The molecule has 1 saturated carbocycles. The van der Waals surface area contributed by atoms with Crippen molar-refractivity contribution in [3.8, 4) is 0 Å². The fourth-order valence-electron chi connectivity index (χ4n) is 4.13. The van der Waals surface area contributed by atoms with E-state index in [1.165, 1.54) is 0 Å². The van der Waals surface area contributed by atoms with Crippen LogP contribution in [0.2, 0.25) is 5.15 Å². The Bertz CT molecular complexity index is 810. The number of hydrogen-bond donors (Lipinski definition) is 0. The number of ether oxygens (including phenoxy) is 2. The second-order valence-electron chi connectivity index (χ2n) is 9.86. The summed E-state index contributed by atoms with van der Waals surface area (Å²) in [5, 5.41) is 0.454. The van der Waals surface area contributed by atoms with E-state index in [-0.39, 0.29) is 30.3 Å². The summed E-state index contributed by atoms with van der Waals surface area (Å²) in [5.74, 6) is 0. The van der Waals surface area contributed by atoms with Crippen molar-refractivity contribution >= 4 is 23.8 Å². The van der Waals surface area contributed by atoms with Crippen LogP contribution in [0.15, 0.2) is 31.0 Å². The van der Waals surface area contributed by atoms with Gasteiger partial charge in [-0.15, -0.1) is 0 Å². The molecule has 0 atom stereocenters. The van der Waals surface area contributed by atoms with E-state index in [2.05, 4.69) is 11.6 Å². The molecule has 8 heteroatoms. The van der Waals surface area contributed by atoms with Gasteiger partial charge in [-0.1, -0.05) is 30.3 Å². The number of piperidine rings is 1. The Morgan fingerprint density at radius 2 is 2.00 bits per heavy atom. The molecule has 2 aliphatic rings. The Kier molecular flexibility index (Phi) is 7.70. The molecular formula is C24H34ClN3O4. The van der Waals surface area contributed by atoms with Crippen molar-refractivity contribution in [1.82, 2.24) is 14.8 Å². The van der Waals surface area contributed by atoms with Crippen LogP contribution in [0.4, 0.5) is 9.59 Å². The van der Waals surface area contributed by atoms with Crippen molar-refractivity contribution in [3.63, 3.8) is 0 Å². The topological polar surface area (TPSA) is 72.0 Å². The number of rotatable bonds is 7. The summed E-state index contributed by atoms with van der Waals surface area (Å²) in [4.78, 5) is 33.2. The van der Waals surface area contributed by atoms with Crippen LogP contribution < -0.4 is 0 Å². The second kappa shape index (κ2) is 10.1. The Hall–Kier alpha value is -2.28. The van der Waals surface area contributed by atoms with E-state index in [4.69, 9.17) is 21.1 Å². The third-order valence-electron chi connectivity index (χ3n) is 5.90. The number of halogens is 1. The summed E-state index contributed by atoms with van der Waals surface area (Å²) in [6, 6.07) is 3.99. The number of pyridine rings is 1. The van der Waals surface area contributed by atoms with Gasteiger partial charge in [-0.05, 0) is 69.9 Å². The highest BCUT2D eigenvalue weighted by Gasteiger charge is 2.43. The Morgan fingerprint density at radius 3 is 2.53 bits per heavy atom. The number of likely N-dealkylation sites (tertiary alicyclic amines) is 1. The van der Waals surface area contributed by atoms with Crippen LogP contribution >= 0.6 is 11.6 Å². The third-order valence-corrected chi connectivity index (χ3v) is 6.12. The fraction of sp³-hybridized carbons (Fsp3) is 0.625. The smallest absolute Gasteiger partial charge is 0.410 e. The van der Waals surface area contributed by atoms with Gasteiger partial charge in [0.1, 0.15) is 17.4 Å². The van der Waals surface area contributed by atoms with Crippen molar-refractivity contribution in [2.45, 2.75) is 64.5 Å². The molecule has 0 N–H and O–H groups in total. The minimum absolute atomic E-state index is 0.191. The molecule has 3 rings (SSSR count). The minimum Gasteiger partial charge on any atom is -0.445 e. The van der Waals surface area contributed by atoms with Crippen LogP contribution in [0.25, 0.3) is 0 Å². The summed E-state index contributed by atoms with van der Waals surface area (Å²) >= 11 is 5.97. The maximum Gasteiger partial charge on any atom is 0.410 e. The van der Waals surface area contributed by atoms with Gasteiger partial charge in [0.15, 0.2) is 0 Å². The first kappa shape index (κ1) is 24.4. The molecule has 0 radical (unpaired) electrons. The molecule has 1 saturated heterocycles. The number of nitrogens with zero attached hydrogens (tertiary/aromatic N) is 3. The van der Waals surface area contributed by atoms with Crippen molar-refractivity contribution in [2.75, 3.05) is 26.2 Å². The lowest BCUT2D eigenvalue weighted by atomic mass is 9.73. The molecule has 1 aliphatic heterocycles. The molecule has 2 heterocycles. The molecule has 2 amide bonds. The first-order valence-electron chi connectivity index (χ1n) is 11.2. The summed E-state index contributed by atoms with van der Waals surface area (Å²) in [7, 11) is 0. The highest BCUT2D eigenvalue weighted by Crippen LogP contribution is 2.40. The zero-order chi connectivity index (χ0) is 23.4. The maximum atomic E-state index is 12.8. The molecule has 0 bridgehead atoms. The Morgan fingerprint density at radius 1 is 1.31 bits per heavy atom. The molecule has 1 aromatic rings. The van der Waals surface area contributed by atoms with Crippen LogP contribution in [-0.2, 0) is 15.9 Å². The van der Waals surface area contributed by atoms with Crippen molar-refractivity contribution in [1.29, 1.82) is 0 Å². The number of aromatic nitrogens is 1. The lowest BCUT2D eigenvalue weighted by Crippen LogP contribution is -2.51. The number of carbonyl (C=O) groups excluding carboxylic acids is 2. The standard InChI is InChI=1S/C24H34ClN3O4/c1-5-14-31-22(30)28(19-7-8-19)17-24(15-18-6-9-20(25)26-16-18)10-12-27(13-11-24)21(29)32-23(2,3)4/h5-6,9,16,19H,1,7-8,10-15,17H2,2-4H3. The van der Waals surface area contributed by atoms with E-state index in [9.17, 15) is 9.59 Å². The maximum absolute atomic E-state index is 12.8. The molecular weight excluding hydrogens is 430 g/mol. The summed E-state index contributed by atoms with van der Waals surface area (Å²) in [5.41, 5.74) is 0.345. The van der Waals surface area contributed by atoms with Crippen LogP contribution in [-0.4, -0.2) is 64.9 Å². The average Bonchev–Trinajstić information content (AvgIpc) is 3.56. The lowest BCUT2D eigenvalue weighted by molar-refractivity contribution is 0.00320. The summed E-state index contributed by atoms with van der Waals surface area (Å²) in [6.07, 6.45) is 7.03. The summed E-state index contributed by atoms with van der Waals surface area (Å²) < 4.78 is 10.9. The van der Waals surface area contributed by atoms with Gasteiger partial charge in [-0.3, -0.25) is 0 Å². The molecule has 1 aromatic heterocycles. The van der Waals surface area contributed by atoms with E-state index in [1.54, 1.807) is 23.2 Å². The van der Waals surface area contributed by atoms with Gasteiger partial charge in [-0.25, -0.2) is 14.6 Å². The minimum atomic E-state index is -0.529. The van der Waals surface area contributed by atoms with Crippen molar-refractivity contribution < 1.29 is 19.1 Å². The Balaban J connectivity index is 1.76. The quantitative estimate of drug-likeness (QED) is 0.416. The van der Waals surface area contributed by atoms with Gasteiger partial charge >= 0.3 is 12.2 Å². The molecule has 32 heavy (non-hydrogen) atoms. The number of hydrogen-bond acceptors (Lipinski definition) is 5. The first-order valence-corrected chi connectivity index (χ1v) is 11.6. The lowest BCUT2D eigenvalue weighted by Gasteiger charge is -2.44. The van der Waals surface area contributed by atoms with E-state index in [0.717, 1.165) is 37.7 Å². The van der Waals surface area contributed by atoms with Gasteiger partial charge in [-0.2, -0.15) is 0 Å². The first-order chi connectivity index (χ1) is 15.1. The van der Waals surface area contributed by atoms with Crippen LogP contribution in [0, 0.1) is 5.41 Å². The molecule has 2 fully saturated rings. The predicted molar refractivity (Wildman–Crippen MR) is 124 cm³/mol. The monoisotopic (exact) mass is 463 g/mol. The van der Waals surface area contributed by atoms with Crippen LogP contribution in [0.1, 0.15) is 52.0 Å². The number of carbonyl (C=O) groups is 2. The average molecular weight is 464 g/mol. The van der Waals surface area contributed by atoms with E-state index >= 15 is 0 Å². The summed E-state index contributed by atoms with van der Waals surface area (Å²) in [6.45, 7) is 11.2. The van der Waals surface area contributed by atoms with Gasteiger partial charge in [0.05, 0.1) is 0 Å². The SMILES string of the molecule is C=CCOC(=O)N(CC1(Cc2ccc(Cl)nc2)CCN(C(=O)OC(C)(C)C)CC1)C1CC1. The largest absolute Gasteiger partial charge is 0.445 e. The van der Waals surface area contributed by atoms with Gasteiger partial charge < -0.3 is 19.3 Å². The van der Waals surface area contributed by atoms with Crippen LogP contribution in [0.3, 0.4) is 0 Å². The molecule has 0 unspecified atom stereocenters. The zero-order valence-corrected chi connectivity index (χ0v) is 20.1. The zero-order valence-electron chi connectivity index (χ0n) is 19.3. The Labute approximate surface area is 195 Å².